The molecular weight excluding hydrogens is 554 g/mol. The molecule has 1 aromatic carbocycles. The summed E-state index contributed by atoms with van der Waals surface area (Å²) in [6, 6.07) is 11.0. The molecule has 0 saturated carbocycles. The van der Waals surface area contributed by atoms with Crippen LogP contribution in [0, 0.1) is 0 Å². The Morgan fingerprint density at radius 2 is 1.65 bits per heavy atom. The van der Waals surface area contributed by atoms with E-state index in [0.29, 0.717) is 27.8 Å². The maximum Gasteiger partial charge on any atom is 0.323 e. The lowest BCUT2D eigenvalue weighted by Crippen LogP contribution is -2.43. The molecule has 212 valence electrons. The summed E-state index contributed by atoms with van der Waals surface area (Å²) in [5.41, 5.74) is 0.829. The molecule has 1 aliphatic heterocycles. The number of urea groups is 1. The van der Waals surface area contributed by atoms with Crippen LogP contribution in [0.4, 0.5) is 16.2 Å². The second-order valence-corrected chi connectivity index (χ2v) is 13.6. The molecule has 0 bridgehead atoms. The van der Waals surface area contributed by atoms with E-state index in [1.807, 2.05) is 20.8 Å². The number of nitrogens with one attached hydrogen (secondary N) is 3. The molecule has 3 N–H and O–H groups in total. The van der Waals surface area contributed by atoms with Gasteiger partial charge in [-0.15, -0.1) is 11.3 Å². The number of carbonyl (C=O) groups excluding carboxylic acids is 3. The van der Waals surface area contributed by atoms with Crippen LogP contribution < -0.4 is 20.7 Å². The lowest BCUT2D eigenvalue weighted by Gasteiger charge is -2.26. The van der Waals surface area contributed by atoms with Gasteiger partial charge in [-0.05, 0) is 41.8 Å². The van der Waals surface area contributed by atoms with E-state index in [-0.39, 0.29) is 47.5 Å². The van der Waals surface area contributed by atoms with Gasteiger partial charge in [0.25, 0.3) is 11.8 Å². The van der Waals surface area contributed by atoms with E-state index in [0.717, 1.165) is 4.88 Å². The number of aromatic nitrogens is 1. The minimum Gasteiger partial charge on any atom is -0.457 e. The monoisotopic (exact) mass is 585 g/mol. The van der Waals surface area contributed by atoms with Crippen molar-refractivity contribution < 1.29 is 27.5 Å². The first-order valence-corrected chi connectivity index (χ1v) is 15.2. The third-order valence-electron chi connectivity index (χ3n) is 6.08. The number of thiophene rings is 1. The summed E-state index contributed by atoms with van der Waals surface area (Å²) in [4.78, 5) is 44.8. The molecule has 1 aliphatic rings. The molecule has 0 unspecified atom stereocenters. The molecule has 2 aromatic heterocycles. The average Bonchev–Trinajstić information content (AvgIpc) is 3.33. The summed E-state index contributed by atoms with van der Waals surface area (Å²) in [6.45, 7) is 6.28. The van der Waals surface area contributed by atoms with E-state index in [4.69, 9.17) is 4.74 Å². The van der Waals surface area contributed by atoms with Crippen LogP contribution in [-0.2, 0) is 15.3 Å². The molecule has 3 heterocycles. The summed E-state index contributed by atoms with van der Waals surface area (Å²) in [5.74, 6) is 0.144. The van der Waals surface area contributed by atoms with Crippen LogP contribution in [0.15, 0.2) is 48.7 Å². The van der Waals surface area contributed by atoms with Crippen molar-refractivity contribution >= 4 is 50.4 Å². The average molecular weight is 586 g/mol. The van der Waals surface area contributed by atoms with Crippen LogP contribution in [0.3, 0.4) is 0 Å². The number of pyridine rings is 1. The van der Waals surface area contributed by atoms with Crippen molar-refractivity contribution in [3.8, 4) is 11.5 Å². The molecule has 40 heavy (non-hydrogen) atoms. The van der Waals surface area contributed by atoms with E-state index in [9.17, 15) is 22.8 Å². The topological polar surface area (TPSA) is 147 Å². The van der Waals surface area contributed by atoms with Crippen LogP contribution >= 0.6 is 11.3 Å². The minimum atomic E-state index is -3.14. The van der Waals surface area contributed by atoms with Gasteiger partial charge in [-0.25, -0.2) is 13.2 Å². The molecule has 0 spiro atoms. The highest BCUT2D eigenvalue weighted by molar-refractivity contribution is 7.91. The summed E-state index contributed by atoms with van der Waals surface area (Å²) in [5, 5.41) is 8.04. The molecule has 0 atom stereocenters. The number of hydrogen-bond donors (Lipinski definition) is 3. The van der Waals surface area contributed by atoms with E-state index >= 15 is 0 Å². The van der Waals surface area contributed by atoms with Crippen LogP contribution in [0.25, 0.3) is 0 Å². The van der Waals surface area contributed by atoms with Crippen molar-refractivity contribution in [2.75, 3.05) is 42.3 Å². The zero-order chi connectivity index (χ0) is 29.1. The largest absolute Gasteiger partial charge is 0.457 e. The number of anilines is 2. The fourth-order valence-corrected chi connectivity index (χ4v) is 6.17. The summed E-state index contributed by atoms with van der Waals surface area (Å²) >= 11 is 1.29. The standard InChI is InChI=1S/C27H31N5O6S2/c1-27(2,3)22-16-20(23(39-22)25(34)32-11-13-40(36,37)14-12-32)31-26(35)30-17-5-7-18(8-6-17)38-19-9-10-29-21(15-19)24(33)28-4/h5-10,15-16H,11-14H2,1-4H3,(H,28,33)(H2,30,31,35). The smallest absolute Gasteiger partial charge is 0.323 e. The Hall–Kier alpha value is -3.97. The minimum absolute atomic E-state index is 0.0738. The maximum absolute atomic E-state index is 13.3. The maximum atomic E-state index is 13.3. The van der Waals surface area contributed by atoms with Crippen LogP contribution in [-0.4, -0.2) is 67.8 Å². The van der Waals surface area contributed by atoms with Crippen LogP contribution in [0.1, 0.15) is 45.8 Å². The van der Waals surface area contributed by atoms with Crippen molar-refractivity contribution in [3.63, 3.8) is 0 Å². The third-order valence-corrected chi connectivity index (χ3v) is 9.24. The van der Waals surface area contributed by atoms with Crippen molar-refractivity contribution in [2.24, 2.45) is 0 Å². The normalized spacial score (nSPS) is 14.8. The zero-order valence-electron chi connectivity index (χ0n) is 22.6. The van der Waals surface area contributed by atoms with Gasteiger partial charge in [0.15, 0.2) is 9.84 Å². The van der Waals surface area contributed by atoms with E-state index in [2.05, 4.69) is 20.9 Å². The Kier molecular flexibility index (Phi) is 8.45. The lowest BCUT2D eigenvalue weighted by molar-refractivity contribution is 0.0775. The van der Waals surface area contributed by atoms with Crippen molar-refractivity contribution in [1.29, 1.82) is 0 Å². The molecule has 11 nitrogen and oxygen atoms in total. The Labute approximate surface area is 236 Å². The van der Waals surface area contributed by atoms with Crippen LogP contribution in [0.5, 0.6) is 11.5 Å². The van der Waals surface area contributed by atoms with Gasteiger partial charge < -0.3 is 25.6 Å². The quantitative estimate of drug-likeness (QED) is 0.395. The first kappa shape index (κ1) is 29.0. The van der Waals surface area contributed by atoms with Gasteiger partial charge in [0.05, 0.1) is 17.2 Å². The zero-order valence-corrected chi connectivity index (χ0v) is 24.2. The number of amides is 4. The second-order valence-electron chi connectivity index (χ2n) is 10.2. The van der Waals surface area contributed by atoms with E-state index in [1.165, 1.54) is 35.5 Å². The Morgan fingerprint density at radius 1 is 0.975 bits per heavy atom. The number of sulfone groups is 1. The third kappa shape index (κ3) is 7.16. The van der Waals surface area contributed by atoms with E-state index in [1.54, 1.807) is 36.4 Å². The van der Waals surface area contributed by atoms with Crippen molar-refractivity contribution in [3.05, 3.63) is 64.1 Å². The Balaban J connectivity index is 1.44. The molecule has 4 rings (SSSR count). The second kappa shape index (κ2) is 11.6. The van der Waals surface area contributed by atoms with Gasteiger partial charge in [0, 0.05) is 43.0 Å². The molecule has 3 aromatic rings. The highest BCUT2D eigenvalue weighted by Gasteiger charge is 2.30. The lowest BCUT2D eigenvalue weighted by atomic mass is 9.94. The Bertz CT molecular complexity index is 1510. The Morgan fingerprint density at radius 3 is 2.27 bits per heavy atom. The fourth-order valence-electron chi connectivity index (χ4n) is 3.83. The van der Waals surface area contributed by atoms with E-state index < -0.39 is 15.9 Å². The highest BCUT2D eigenvalue weighted by Crippen LogP contribution is 2.36. The summed E-state index contributed by atoms with van der Waals surface area (Å²) in [6.07, 6.45) is 1.47. The van der Waals surface area contributed by atoms with Crippen molar-refractivity contribution in [1.82, 2.24) is 15.2 Å². The summed E-state index contributed by atoms with van der Waals surface area (Å²) in [7, 11) is -1.62. The van der Waals surface area contributed by atoms with Crippen molar-refractivity contribution in [2.45, 2.75) is 26.2 Å². The number of benzene rings is 1. The summed E-state index contributed by atoms with van der Waals surface area (Å²) < 4.78 is 29.4. The predicted octanol–water partition coefficient (Wildman–Crippen LogP) is 4.11. The van der Waals surface area contributed by atoms with Gasteiger partial charge >= 0.3 is 6.03 Å². The predicted molar refractivity (Wildman–Crippen MR) is 154 cm³/mol. The van der Waals surface area contributed by atoms with Gasteiger partial charge in [0.2, 0.25) is 0 Å². The number of rotatable bonds is 6. The molecule has 0 radical (unpaired) electrons. The van der Waals surface area contributed by atoms with Gasteiger partial charge in [-0.2, -0.15) is 0 Å². The van der Waals surface area contributed by atoms with Crippen LogP contribution in [0.2, 0.25) is 0 Å². The highest BCUT2D eigenvalue weighted by atomic mass is 32.2. The first-order valence-electron chi connectivity index (χ1n) is 12.5. The number of carbonyl (C=O) groups is 3. The molecule has 0 aliphatic carbocycles. The molecule has 1 fully saturated rings. The fraction of sp³-hybridized carbons (Fsp3) is 0.333. The molecule has 4 amide bonds. The number of ether oxygens (including phenoxy) is 1. The van der Waals surface area contributed by atoms with Gasteiger partial charge in [0.1, 0.15) is 22.1 Å². The first-order chi connectivity index (χ1) is 18.8. The van der Waals surface area contributed by atoms with Gasteiger partial charge in [-0.3, -0.25) is 14.6 Å². The number of hydrogen-bond acceptors (Lipinski definition) is 8. The number of nitrogens with zero attached hydrogens (tertiary/aromatic N) is 2. The SMILES string of the molecule is CNC(=O)c1cc(Oc2ccc(NC(=O)Nc3cc(C(C)(C)C)sc3C(=O)N3CCS(=O)(=O)CC3)cc2)ccn1. The molecule has 13 heteroatoms. The van der Waals surface area contributed by atoms with Gasteiger partial charge in [-0.1, -0.05) is 20.8 Å². The molecule has 1 saturated heterocycles. The molecular formula is C27H31N5O6S2.